The lowest BCUT2D eigenvalue weighted by Crippen LogP contribution is -2.17. The summed E-state index contributed by atoms with van der Waals surface area (Å²) in [6, 6.07) is 4.65. The largest absolute Gasteiger partial charge is 0.370 e. The molecule has 2 aromatic rings. The van der Waals surface area contributed by atoms with E-state index in [0.717, 1.165) is 30.4 Å². The lowest BCUT2D eigenvalue weighted by Gasteiger charge is -2.24. The lowest BCUT2D eigenvalue weighted by atomic mass is 9.94. The minimum atomic E-state index is 0.383. The first-order valence-corrected chi connectivity index (χ1v) is 8.56. The van der Waals surface area contributed by atoms with Crippen LogP contribution in [0.4, 0.5) is 11.6 Å². The molecule has 21 heavy (non-hydrogen) atoms. The fourth-order valence-corrected chi connectivity index (χ4v) is 3.79. The fourth-order valence-electron chi connectivity index (χ4n) is 2.80. The highest BCUT2D eigenvalue weighted by Gasteiger charge is 2.21. The molecule has 0 amide bonds. The summed E-state index contributed by atoms with van der Waals surface area (Å²) in [6.07, 6.45) is 4.73. The van der Waals surface area contributed by atoms with E-state index in [9.17, 15) is 0 Å². The highest BCUT2D eigenvalue weighted by molar-refractivity contribution is 7.10. The highest BCUT2D eigenvalue weighted by atomic mass is 32.1. The number of hydrogen-bond acceptors (Lipinski definition) is 5. The van der Waals surface area contributed by atoms with Crippen LogP contribution in [0.2, 0.25) is 0 Å². The lowest BCUT2D eigenvalue weighted by molar-refractivity contribution is 0.606. The van der Waals surface area contributed by atoms with Crippen molar-refractivity contribution in [3.63, 3.8) is 0 Å². The fraction of sp³-hybridized carbons (Fsp3) is 0.500. The van der Waals surface area contributed by atoms with E-state index in [1.165, 1.54) is 29.7 Å². The third-order valence-corrected chi connectivity index (χ3v) is 4.76. The van der Waals surface area contributed by atoms with E-state index in [-0.39, 0.29) is 0 Å². The molecule has 0 radical (unpaired) electrons. The average molecular weight is 302 g/mol. The average Bonchev–Trinajstić information content (AvgIpc) is 2.94. The van der Waals surface area contributed by atoms with E-state index < -0.39 is 0 Å². The van der Waals surface area contributed by atoms with Crippen LogP contribution in [0.5, 0.6) is 0 Å². The predicted molar refractivity (Wildman–Crippen MR) is 89.2 cm³/mol. The zero-order chi connectivity index (χ0) is 14.7. The van der Waals surface area contributed by atoms with Crippen LogP contribution in [0, 0.1) is 6.92 Å². The van der Waals surface area contributed by atoms with Crippen LogP contribution in [-0.2, 0) is 6.42 Å². The van der Waals surface area contributed by atoms with Gasteiger partial charge < -0.3 is 10.6 Å². The van der Waals surface area contributed by atoms with Gasteiger partial charge in [0.2, 0.25) is 0 Å². The van der Waals surface area contributed by atoms with Gasteiger partial charge in [0.05, 0.1) is 6.04 Å². The SMILES string of the molecule is CCCNc1cc(NC2CCCc3sccc32)nc(C)n1. The van der Waals surface area contributed by atoms with Crippen molar-refractivity contribution >= 4 is 23.0 Å². The molecule has 1 unspecified atom stereocenters. The minimum absolute atomic E-state index is 0.383. The molecule has 0 spiro atoms. The number of anilines is 2. The molecule has 1 atom stereocenters. The molecule has 2 heterocycles. The maximum atomic E-state index is 4.53. The standard InChI is InChI=1S/C16H22N4S/c1-3-8-17-15-10-16(19-11(2)18-15)20-13-5-4-6-14-12(13)7-9-21-14/h7,9-10,13H,3-6,8H2,1-2H3,(H2,17,18,19,20). The second kappa shape index (κ2) is 6.43. The van der Waals surface area contributed by atoms with Gasteiger partial charge in [-0.1, -0.05) is 6.92 Å². The molecule has 3 rings (SSSR count). The summed E-state index contributed by atoms with van der Waals surface area (Å²) < 4.78 is 0. The third kappa shape index (κ3) is 3.35. The van der Waals surface area contributed by atoms with Crippen LogP contribution in [-0.4, -0.2) is 16.5 Å². The number of aryl methyl sites for hydroxylation is 2. The Morgan fingerprint density at radius 3 is 3.05 bits per heavy atom. The number of rotatable bonds is 5. The number of thiophene rings is 1. The Morgan fingerprint density at radius 1 is 1.33 bits per heavy atom. The van der Waals surface area contributed by atoms with Crippen molar-refractivity contribution in [1.82, 2.24) is 9.97 Å². The van der Waals surface area contributed by atoms with Crippen molar-refractivity contribution in [1.29, 1.82) is 0 Å². The van der Waals surface area contributed by atoms with Gasteiger partial charge in [0, 0.05) is 17.5 Å². The Bertz CT molecular complexity index is 608. The number of fused-ring (bicyclic) bond motifs is 1. The molecule has 0 aliphatic heterocycles. The molecule has 2 N–H and O–H groups in total. The number of aromatic nitrogens is 2. The second-order valence-electron chi connectivity index (χ2n) is 5.50. The van der Waals surface area contributed by atoms with Crippen molar-refractivity contribution in [2.45, 2.75) is 45.6 Å². The summed E-state index contributed by atoms with van der Waals surface area (Å²) >= 11 is 1.87. The maximum absolute atomic E-state index is 4.53. The first-order valence-electron chi connectivity index (χ1n) is 7.68. The topological polar surface area (TPSA) is 49.8 Å². The van der Waals surface area contributed by atoms with Crippen molar-refractivity contribution in [2.24, 2.45) is 0 Å². The van der Waals surface area contributed by atoms with Crippen molar-refractivity contribution in [3.8, 4) is 0 Å². The van der Waals surface area contributed by atoms with Gasteiger partial charge in [0.25, 0.3) is 0 Å². The summed E-state index contributed by atoms with van der Waals surface area (Å²) in [5, 5.41) is 9.13. The number of nitrogens with one attached hydrogen (secondary N) is 2. The monoisotopic (exact) mass is 302 g/mol. The van der Waals surface area contributed by atoms with E-state index >= 15 is 0 Å². The Kier molecular flexibility index (Phi) is 4.39. The van der Waals surface area contributed by atoms with Gasteiger partial charge in [-0.15, -0.1) is 11.3 Å². The maximum Gasteiger partial charge on any atom is 0.132 e. The molecule has 0 fully saturated rings. The van der Waals surface area contributed by atoms with Crippen molar-refractivity contribution in [2.75, 3.05) is 17.2 Å². The summed E-state index contributed by atoms with van der Waals surface area (Å²) in [6.45, 7) is 5.04. The highest BCUT2D eigenvalue weighted by Crippen LogP contribution is 2.35. The Labute approximate surface area is 130 Å². The van der Waals surface area contributed by atoms with Crippen molar-refractivity contribution in [3.05, 3.63) is 33.8 Å². The zero-order valence-corrected chi connectivity index (χ0v) is 13.5. The number of nitrogens with zero attached hydrogens (tertiary/aromatic N) is 2. The Morgan fingerprint density at radius 2 is 2.19 bits per heavy atom. The summed E-state index contributed by atoms with van der Waals surface area (Å²) in [5.74, 6) is 2.64. The van der Waals surface area contributed by atoms with Crippen LogP contribution in [0.25, 0.3) is 0 Å². The Hall–Kier alpha value is -1.62. The second-order valence-corrected chi connectivity index (χ2v) is 6.50. The molecule has 0 saturated carbocycles. The quantitative estimate of drug-likeness (QED) is 0.871. The molecular weight excluding hydrogens is 280 g/mol. The molecule has 1 aliphatic rings. The van der Waals surface area contributed by atoms with E-state index in [2.05, 4.69) is 39.0 Å². The van der Waals surface area contributed by atoms with Crippen molar-refractivity contribution < 1.29 is 0 Å². The first-order chi connectivity index (χ1) is 10.3. The van der Waals surface area contributed by atoms with Gasteiger partial charge in [-0.2, -0.15) is 0 Å². The summed E-state index contributed by atoms with van der Waals surface area (Å²) in [5.41, 5.74) is 1.45. The van der Waals surface area contributed by atoms with E-state index in [0.29, 0.717) is 6.04 Å². The van der Waals surface area contributed by atoms with Gasteiger partial charge in [0.15, 0.2) is 0 Å². The van der Waals surface area contributed by atoms with E-state index in [4.69, 9.17) is 0 Å². The van der Waals surface area contributed by atoms with E-state index in [1.807, 2.05) is 24.3 Å². The molecule has 4 nitrogen and oxygen atoms in total. The zero-order valence-electron chi connectivity index (χ0n) is 12.6. The minimum Gasteiger partial charge on any atom is -0.370 e. The summed E-state index contributed by atoms with van der Waals surface area (Å²) in [7, 11) is 0. The van der Waals surface area contributed by atoms with Gasteiger partial charge in [-0.25, -0.2) is 9.97 Å². The number of hydrogen-bond donors (Lipinski definition) is 2. The smallest absolute Gasteiger partial charge is 0.132 e. The van der Waals surface area contributed by atoms with Crippen LogP contribution < -0.4 is 10.6 Å². The van der Waals surface area contributed by atoms with Crippen LogP contribution >= 0.6 is 11.3 Å². The van der Waals surface area contributed by atoms with E-state index in [1.54, 1.807) is 0 Å². The van der Waals surface area contributed by atoms with Crippen LogP contribution in [0.1, 0.15) is 48.5 Å². The third-order valence-electron chi connectivity index (χ3n) is 3.77. The molecule has 0 aromatic carbocycles. The predicted octanol–water partition coefficient (Wildman–Crippen LogP) is 4.16. The summed E-state index contributed by atoms with van der Waals surface area (Å²) in [4.78, 5) is 10.5. The first kappa shape index (κ1) is 14.3. The van der Waals surface area contributed by atoms with Crippen LogP contribution in [0.3, 0.4) is 0 Å². The molecule has 2 aromatic heterocycles. The van der Waals surface area contributed by atoms with Gasteiger partial charge in [-0.05, 0) is 49.6 Å². The molecular formula is C16H22N4S. The van der Waals surface area contributed by atoms with Gasteiger partial charge >= 0.3 is 0 Å². The normalized spacial score (nSPS) is 17.3. The Balaban J connectivity index is 1.78. The molecule has 1 aliphatic carbocycles. The molecule has 0 bridgehead atoms. The molecule has 112 valence electrons. The van der Waals surface area contributed by atoms with Crippen LogP contribution in [0.15, 0.2) is 17.5 Å². The van der Waals surface area contributed by atoms with Gasteiger partial charge in [0.1, 0.15) is 17.5 Å². The molecule has 0 saturated heterocycles. The van der Waals surface area contributed by atoms with Gasteiger partial charge in [-0.3, -0.25) is 0 Å². The molecule has 5 heteroatoms.